The van der Waals surface area contributed by atoms with Crippen LogP contribution in [0.2, 0.25) is 0 Å². The van der Waals surface area contributed by atoms with E-state index < -0.39 is 5.97 Å². The molecule has 0 spiro atoms. The highest BCUT2D eigenvalue weighted by molar-refractivity contribution is 5.99. The van der Waals surface area contributed by atoms with Crippen LogP contribution >= 0.6 is 0 Å². The van der Waals surface area contributed by atoms with E-state index in [-0.39, 0.29) is 30.5 Å². The van der Waals surface area contributed by atoms with Crippen molar-refractivity contribution in [3.05, 3.63) is 53.9 Å². The van der Waals surface area contributed by atoms with E-state index in [0.29, 0.717) is 11.4 Å². The number of hydrogen-bond acceptors (Lipinski definition) is 4. The van der Waals surface area contributed by atoms with Crippen molar-refractivity contribution in [1.29, 1.82) is 0 Å². The number of aromatic carboxylic acids is 1. The lowest BCUT2D eigenvalue weighted by Gasteiger charge is -2.24. The number of benzene rings is 1. The zero-order valence-electron chi connectivity index (χ0n) is 20.5. The van der Waals surface area contributed by atoms with Crippen LogP contribution in [0, 0.1) is 0 Å². The maximum Gasteiger partial charge on any atom is 0.335 e. The summed E-state index contributed by atoms with van der Waals surface area (Å²) >= 11 is 0. The molecule has 1 aliphatic carbocycles. The average molecular weight is 477 g/mol. The van der Waals surface area contributed by atoms with Crippen LogP contribution in [-0.4, -0.2) is 69.9 Å². The van der Waals surface area contributed by atoms with Crippen LogP contribution in [0.25, 0.3) is 22.2 Å². The predicted octanol–water partition coefficient (Wildman–Crippen LogP) is 4.00. The number of rotatable bonds is 7. The number of fused-ring (bicyclic) bond motifs is 1. The zero-order chi connectivity index (χ0) is 25.1. The molecule has 0 radical (unpaired) electrons. The van der Waals surface area contributed by atoms with Gasteiger partial charge >= 0.3 is 5.97 Å². The Morgan fingerprint density at radius 1 is 1.06 bits per heavy atom. The summed E-state index contributed by atoms with van der Waals surface area (Å²) in [6, 6.07) is 9.02. The molecule has 0 saturated heterocycles. The Labute approximate surface area is 205 Å². The van der Waals surface area contributed by atoms with Crippen molar-refractivity contribution in [2.24, 2.45) is 0 Å². The maximum atomic E-state index is 13.3. The van der Waals surface area contributed by atoms with E-state index in [9.17, 15) is 19.5 Å². The molecular weight excluding hydrogens is 444 g/mol. The van der Waals surface area contributed by atoms with E-state index in [0.717, 1.165) is 47.9 Å². The Morgan fingerprint density at radius 2 is 1.80 bits per heavy atom. The first-order valence-electron chi connectivity index (χ1n) is 12.0. The maximum absolute atomic E-state index is 13.3. The summed E-state index contributed by atoms with van der Waals surface area (Å²) in [7, 11) is 4.93. The largest absolute Gasteiger partial charge is 0.478 e. The lowest BCUT2D eigenvalue weighted by atomic mass is 9.82. The number of pyridine rings is 1. The van der Waals surface area contributed by atoms with E-state index in [1.807, 2.05) is 22.8 Å². The third kappa shape index (κ3) is 5.06. The van der Waals surface area contributed by atoms with Crippen molar-refractivity contribution >= 4 is 28.7 Å². The van der Waals surface area contributed by atoms with E-state index in [1.54, 1.807) is 45.7 Å². The fourth-order valence-electron chi connectivity index (χ4n) is 4.98. The minimum atomic E-state index is -1.01. The first-order valence-corrected chi connectivity index (χ1v) is 12.0. The molecule has 3 aromatic rings. The predicted molar refractivity (Wildman–Crippen MR) is 134 cm³/mol. The van der Waals surface area contributed by atoms with Gasteiger partial charge in [-0.2, -0.15) is 0 Å². The Hall–Kier alpha value is -3.68. The highest BCUT2D eigenvalue weighted by Crippen LogP contribution is 2.44. The minimum absolute atomic E-state index is 0.00622. The summed E-state index contributed by atoms with van der Waals surface area (Å²) in [6.07, 6.45) is 9.11. The van der Waals surface area contributed by atoms with Crippen molar-refractivity contribution in [3.63, 3.8) is 0 Å². The molecule has 1 aromatic carbocycles. The molecule has 1 saturated carbocycles. The third-order valence-corrected chi connectivity index (χ3v) is 6.89. The van der Waals surface area contributed by atoms with Crippen molar-refractivity contribution in [3.8, 4) is 11.3 Å². The quantitative estimate of drug-likeness (QED) is 0.556. The fraction of sp³-hybridized carbons (Fsp3) is 0.407. The van der Waals surface area contributed by atoms with Crippen molar-refractivity contribution in [2.45, 2.75) is 44.6 Å². The number of likely N-dealkylation sites (N-methyl/N-ethyl adjacent to an activating group) is 2. The molecule has 0 aliphatic heterocycles. The number of carbonyl (C=O) groups is 3. The molecule has 0 atom stereocenters. The van der Waals surface area contributed by atoms with E-state index in [4.69, 9.17) is 0 Å². The monoisotopic (exact) mass is 476 g/mol. The van der Waals surface area contributed by atoms with Gasteiger partial charge in [-0.25, -0.2) is 4.79 Å². The summed E-state index contributed by atoms with van der Waals surface area (Å²) in [5, 5.41) is 10.6. The van der Waals surface area contributed by atoms with Gasteiger partial charge in [-0.3, -0.25) is 14.6 Å². The number of nitrogens with zero attached hydrogens (tertiary/aromatic N) is 4. The van der Waals surface area contributed by atoms with Gasteiger partial charge in [-0.05, 0) is 48.6 Å². The van der Waals surface area contributed by atoms with Crippen LogP contribution in [0.3, 0.4) is 0 Å². The number of carbonyl (C=O) groups excluding carboxylic acids is 2. The molecule has 0 bridgehead atoms. The van der Waals surface area contributed by atoms with Gasteiger partial charge in [0.25, 0.3) is 0 Å². The normalized spacial score (nSPS) is 14.1. The fourth-order valence-corrected chi connectivity index (χ4v) is 4.98. The number of carboxylic acid groups (broad SMARTS) is 1. The third-order valence-electron chi connectivity index (χ3n) is 6.89. The summed E-state index contributed by atoms with van der Waals surface area (Å²) in [6.45, 7) is -0.0309. The van der Waals surface area contributed by atoms with Crippen molar-refractivity contribution in [1.82, 2.24) is 19.4 Å². The second-order valence-electron chi connectivity index (χ2n) is 9.50. The molecule has 8 nitrogen and oxygen atoms in total. The molecular formula is C27H32N4O4. The number of aromatic nitrogens is 2. The lowest BCUT2D eigenvalue weighted by molar-refractivity contribution is -0.138. The second-order valence-corrected chi connectivity index (χ2v) is 9.50. The van der Waals surface area contributed by atoms with E-state index >= 15 is 0 Å². The average Bonchev–Trinajstić information content (AvgIpc) is 3.18. The van der Waals surface area contributed by atoms with Gasteiger partial charge in [0, 0.05) is 44.5 Å². The Bertz CT molecular complexity index is 1240. The van der Waals surface area contributed by atoms with Gasteiger partial charge in [0.05, 0.1) is 23.3 Å². The Balaban J connectivity index is 1.89. The molecule has 1 aliphatic rings. The number of hydrogen-bond donors (Lipinski definition) is 1. The topological polar surface area (TPSA) is 95.7 Å². The highest BCUT2D eigenvalue weighted by atomic mass is 16.4. The van der Waals surface area contributed by atoms with Gasteiger partial charge in [-0.1, -0.05) is 25.3 Å². The second kappa shape index (κ2) is 10.3. The molecule has 1 fully saturated rings. The summed E-state index contributed by atoms with van der Waals surface area (Å²) < 4.78 is 1.92. The van der Waals surface area contributed by atoms with Gasteiger partial charge in [0.15, 0.2) is 0 Å². The van der Waals surface area contributed by atoms with Crippen LogP contribution < -0.4 is 0 Å². The molecule has 2 amide bonds. The van der Waals surface area contributed by atoms with Gasteiger partial charge in [-0.15, -0.1) is 0 Å². The standard InChI is InChI=1S/C27H32N4O4/c1-29(2)23(32)16-30(3)24(33)17-31-22-14-19(27(34)35)11-12-21(22)25(18-8-5-4-6-9-18)26(31)20-10-7-13-28-15-20/h7,10-15,18H,4-6,8-9,16-17H2,1-3H3,(H,34,35). The molecule has 2 aromatic heterocycles. The smallest absolute Gasteiger partial charge is 0.335 e. The minimum Gasteiger partial charge on any atom is -0.478 e. The first kappa shape index (κ1) is 24.4. The number of carboxylic acids is 1. The van der Waals surface area contributed by atoms with Crippen LogP contribution in [0.4, 0.5) is 0 Å². The highest BCUT2D eigenvalue weighted by Gasteiger charge is 2.28. The molecule has 35 heavy (non-hydrogen) atoms. The molecule has 8 heteroatoms. The summed E-state index contributed by atoms with van der Waals surface area (Å²) in [4.78, 5) is 44.5. The molecule has 4 rings (SSSR count). The Morgan fingerprint density at radius 3 is 2.43 bits per heavy atom. The molecule has 1 N–H and O–H groups in total. The van der Waals surface area contributed by atoms with Gasteiger partial charge in [0.1, 0.15) is 6.54 Å². The number of amides is 2. The first-order chi connectivity index (χ1) is 16.8. The van der Waals surface area contributed by atoms with Crippen molar-refractivity contribution in [2.75, 3.05) is 27.7 Å². The summed E-state index contributed by atoms with van der Waals surface area (Å²) in [5.74, 6) is -1.08. The molecule has 2 heterocycles. The molecule has 184 valence electrons. The summed E-state index contributed by atoms with van der Waals surface area (Å²) in [5.41, 5.74) is 3.84. The van der Waals surface area contributed by atoms with Crippen LogP contribution in [0.1, 0.15) is 53.9 Å². The SMILES string of the molecule is CN(C)C(=O)CN(C)C(=O)Cn1c(-c2cccnc2)c(C2CCCCC2)c2ccc(C(=O)O)cc21. The van der Waals surface area contributed by atoms with E-state index in [1.165, 1.54) is 16.2 Å². The van der Waals surface area contributed by atoms with E-state index in [2.05, 4.69) is 4.98 Å². The van der Waals surface area contributed by atoms with Gasteiger partial charge in [0.2, 0.25) is 11.8 Å². The van der Waals surface area contributed by atoms with Crippen LogP contribution in [0.5, 0.6) is 0 Å². The van der Waals surface area contributed by atoms with Crippen molar-refractivity contribution < 1.29 is 19.5 Å². The van der Waals surface area contributed by atoms with Gasteiger partial charge < -0.3 is 19.5 Å². The zero-order valence-corrected chi connectivity index (χ0v) is 20.5. The molecule has 0 unspecified atom stereocenters. The van der Waals surface area contributed by atoms with Crippen LogP contribution in [0.15, 0.2) is 42.7 Å². The van der Waals surface area contributed by atoms with Crippen LogP contribution in [-0.2, 0) is 16.1 Å². The Kier molecular flexibility index (Phi) is 7.19. The lowest BCUT2D eigenvalue weighted by Crippen LogP contribution is -2.39.